The lowest BCUT2D eigenvalue weighted by atomic mass is 10.0. The number of benzene rings is 1. The summed E-state index contributed by atoms with van der Waals surface area (Å²) < 4.78 is 0. The number of aryl methyl sites for hydroxylation is 2. The Morgan fingerprint density at radius 3 is 2.89 bits per heavy atom. The second kappa shape index (κ2) is 7.05. The topological polar surface area (TPSA) is 116 Å². The van der Waals surface area contributed by atoms with E-state index in [9.17, 15) is 25.0 Å². The predicted octanol–water partition coefficient (Wildman–Crippen LogP) is 2.93. The minimum absolute atomic E-state index is 0.0377. The van der Waals surface area contributed by atoms with E-state index in [4.69, 9.17) is 0 Å². The fraction of sp³-hybridized carbons (Fsp3) is 0.316. The van der Waals surface area contributed by atoms with Crippen LogP contribution >= 0.6 is 11.3 Å². The maximum atomic E-state index is 12.6. The number of fused-ring (bicyclic) bond motifs is 2. The molecule has 2 aromatic rings. The van der Waals surface area contributed by atoms with Gasteiger partial charge in [0.1, 0.15) is 17.6 Å². The van der Waals surface area contributed by atoms with E-state index < -0.39 is 10.8 Å². The van der Waals surface area contributed by atoms with Gasteiger partial charge in [0.15, 0.2) is 0 Å². The average molecular weight is 396 g/mol. The predicted molar refractivity (Wildman–Crippen MR) is 103 cm³/mol. The molecule has 4 rings (SSSR count). The third-order valence-corrected chi connectivity index (χ3v) is 6.27. The number of thiophene rings is 1. The molecule has 2 aliphatic rings. The van der Waals surface area contributed by atoms with Gasteiger partial charge < -0.3 is 10.2 Å². The summed E-state index contributed by atoms with van der Waals surface area (Å²) in [6, 6.07) is 6.47. The van der Waals surface area contributed by atoms with Crippen molar-refractivity contribution in [1.29, 1.82) is 5.26 Å². The van der Waals surface area contributed by atoms with Crippen molar-refractivity contribution in [2.24, 2.45) is 0 Å². The molecule has 0 saturated carbocycles. The molecule has 0 atom stereocenters. The molecule has 28 heavy (non-hydrogen) atoms. The number of non-ortho nitro benzene ring substituents is 1. The summed E-state index contributed by atoms with van der Waals surface area (Å²) in [6.07, 6.45) is 3.39. The summed E-state index contributed by atoms with van der Waals surface area (Å²) in [5.74, 6) is -0.596. The number of hydrogen-bond donors (Lipinski definition) is 1. The van der Waals surface area contributed by atoms with Crippen molar-refractivity contribution in [2.45, 2.75) is 32.1 Å². The van der Waals surface area contributed by atoms with Gasteiger partial charge in [0.05, 0.1) is 10.5 Å². The molecule has 1 aromatic carbocycles. The Morgan fingerprint density at radius 2 is 2.14 bits per heavy atom. The van der Waals surface area contributed by atoms with Gasteiger partial charge in [-0.25, -0.2) is 0 Å². The van der Waals surface area contributed by atoms with Gasteiger partial charge in [0, 0.05) is 29.1 Å². The molecule has 0 spiro atoms. The molecule has 0 radical (unpaired) electrons. The molecule has 142 valence electrons. The summed E-state index contributed by atoms with van der Waals surface area (Å²) in [7, 11) is 0. The number of amides is 2. The van der Waals surface area contributed by atoms with Crippen LogP contribution in [0, 0.1) is 21.4 Å². The molecule has 8 nitrogen and oxygen atoms in total. The molecule has 1 aromatic heterocycles. The molecular weight excluding hydrogens is 380 g/mol. The second-order valence-corrected chi connectivity index (χ2v) is 7.88. The first-order valence-corrected chi connectivity index (χ1v) is 9.71. The van der Waals surface area contributed by atoms with Crippen LogP contribution in [-0.2, 0) is 28.9 Å². The molecular formula is C19H16N4O4S. The van der Waals surface area contributed by atoms with E-state index in [1.54, 1.807) is 0 Å². The van der Waals surface area contributed by atoms with Crippen LogP contribution in [0.25, 0.3) is 0 Å². The number of nitriles is 1. The summed E-state index contributed by atoms with van der Waals surface area (Å²) in [5, 5.41) is 23.7. The first-order chi connectivity index (χ1) is 13.5. The zero-order valence-corrected chi connectivity index (χ0v) is 15.7. The normalized spacial score (nSPS) is 15.0. The van der Waals surface area contributed by atoms with Crippen LogP contribution < -0.4 is 10.2 Å². The number of rotatable bonds is 4. The molecule has 1 aliphatic heterocycles. The van der Waals surface area contributed by atoms with Crippen LogP contribution in [0.1, 0.15) is 34.4 Å². The molecule has 0 unspecified atom stereocenters. The highest BCUT2D eigenvalue weighted by Crippen LogP contribution is 2.38. The minimum Gasteiger partial charge on any atom is -0.315 e. The van der Waals surface area contributed by atoms with E-state index in [1.165, 1.54) is 34.4 Å². The Hall–Kier alpha value is -3.25. The van der Waals surface area contributed by atoms with E-state index in [0.717, 1.165) is 29.7 Å². The Kier molecular flexibility index (Phi) is 4.57. The van der Waals surface area contributed by atoms with Crippen molar-refractivity contribution in [3.63, 3.8) is 0 Å². The number of hydrogen-bond acceptors (Lipinski definition) is 6. The number of nitrogens with one attached hydrogen (secondary N) is 1. The molecule has 2 heterocycles. The van der Waals surface area contributed by atoms with Crippen molar-refractivity contribution < 1.29 is 14.5 Å². The lowest BCUT2D eigenvalue weighted by Gasteiger charge is -2.28. The fourth-order valence-electron chi connectivity index (χ4n) is 3.75. The molecule has 0 bridgehead atoms. The maximum absolute atomic E-state index is 12.6. The standard InChI is InChI=1S/C19H16N4O4S/c20-9-14-13-2-1-3-16(13)28-19(14)21-17(24)10-22-15-6-5-12(23(26)27)8-11(15)4-7-18(22)25/h5-6,8H,1-4,7,10H2,(H,21,24). The zero-order valence-electron chi connectivity index (χ0n) is 14.9. The van der Waals surface area contributed by atoms with E-state index in [-0.39, 0.29) is 24.6 Å². The largest absolute Gasteiger partial charge is 0.315 e. The van der Waals surface area contributed by atoms with Gasteiger partial charge in [0.2, 0.25) is 11.8 Å². The van der Waals surface area contributed by atoms with Crippen LogP contribution in [0.4, 0.5) is 16.4 Å². The minimum atomic E-state index is -0.479. The number of carbonyl (C=O) groups is 2. The Balaban J connectivity index is 1.55. The van der Waals surface area contributed by atoms with Crippen molar-refractivity contribution >= 4 is 39.5 Å². The van der Waals surface area contributed by atoms with Crippen molar-refractivity contribution in [1.82, 2.24) is 0 Å². The van der Waals surface area contributed by atoms with Crippen molar-refractivity contribution in [3.8, 4) is 6.07 Å². The van der Waals surface area contributed by atoms with E-state index in [2.05, 4.69) is 11.4 Å². The molecule has 0 fully saturated rings. The van der Waals surface area contributed by atoms with Gasteiger partial charge in [-0.15, -0.1) is 11.3 Å². The number of carbonyl (C=O) groups excluding carboxylic acids is 2. The molecule has 1 N–H and O–H groups in total. The van der Waals surface area contributed by atoms with Crippen molar-refractivity contribution in [2.75, 3.05) is 16.8 Å². The highest BCUT2D eigenvalue weighted by Gasteiger charge is 2.29. The number of anilines is 2. The Labute approximate surface area is 164 Å². The van der Waals surface area contributed by atoms with Gasteiger partial charge >= 0.3 is 0 Å². The number of nitrogens with zero attached hydrogens (tertiary/aromatic N) is 3. The Bertz CT molecular complexity index is 1050. The maximum Gasteiger partial charge on any atom is 0.269 e. The fourth-order valence-corrected chi connectivity index (χ4v) is 5.01. The van der Waals surface area contributed by atoms with Gasteiger partial charge in [0.25, 0.3) is 5.69 Å². The average Bonchev–Trinajstić information content (AvgIpc) is 3.24. The highest BCUT2D eigenvalue weighted by atomic mass is 32.1. The van der Waals surface area contributed by atoms with Crippen LogP contribution in [0.2, 0.25) is 0 Å². The monoisotopic (exact) mass is 396 g/mol. The van der Waals surface area contributed by atoms with Gasteiger partial charge in [-0.1, -0.05) is 0 Å². The first kappa shape index (κ1) is 18.1. The summed E-state index contributed by atoms with van der Waals surface area (Å²) in [5.41, 5.74) is 2.70. The molecule has 1 aliphatic carbocycles. The lowest BCUT2D eigenvalue weighted by Crippen LogP contribution is -2.40. The highest BCUT2D eigenvalue weighted by molar-refractivity contribution is 7.16. The first-order valence-electron chi connectivity index (χ1n) is 8.90. The number of nitro groups is 1. The quantitative estimate of drug-likeness (QED) is 0.630. The smallest absolute Gasteiger partial charge is 0.269 e. The summed E-state index contributed by atoms with van der Waals surface area (Å²) >= 11 is 1.42. The molecule has 9 heteroatoms. The Morgan fingerprint density at radius 1 is 1.32 bits per heavy atom. The summed E-state index contributed by atoms with van der Waals surface area (Å²) in [4.78, 5) is 37.9. The van der Waals surface area contributed by atoms with Gasteiger partial charge in [-0.05, 0) is 42.9 Å². The molecule has 0 saturated heterocycles. The van der Waals surface area contributed by atoms with Crippen LogP contribution in [-0.4, -0.2) is 23.3 Å². The molecule has 2 amide bonds. The number of nitro benzene ring substituents is 1. The van der Waals surface area contributed by atoms with Crippen LogP contribution in [0.15, 0.2) is 18.2 Å². The zero-order chi connectivity index (χ0) is 19.8. The summed E-state index contributed by atoms with van der Waals surface area (Å²) in [6.45, 7) is -0.197. The van der Waals surface area contributed by atoms with E-state index in [1.807, 2.05) is 0 Å². The van der Waals surface area contributed by atoms with Gasteiger partial charge in [-0.3, -0.25) is 19.7 Å². The lowest BCUT2D eigenvalue weighted by molar-refractivity contribution is -0.384. The second-order valence-electron chi connectivity index (χ2n) is 6.77. The van der Waals surface area contributed by atoms with E-state index >= 15 is 0 Å². The van der Waals surface area contributed by atoms with Crippen molar-refractivity contribution in [3.05, 3.63) is 49.9 Å². The van der Waals surface area contributed by atoms with Crippen LogP contribution in [0.3, 0.4) is 0 Å². The third-order valence-electron chi connectivity index (χ3n) is 5.06. The third kappa shape index (κ3) is 3.12. The van der Waals surface area contributed by atoms with Gasteiger partial charge in [-0.2, -0.15) is 5.26 Å². The van der Waals surface area contributed by atoms with Crippen LogP contribution in [0.5, 0.6) is 0 Å². The SMILES string of the molecule is N#Cc1c(NC(=O)CN2C(=O)CCc3cc([N+](=O)[O-])ccc32)sc2c1CCC2. The van der Waals surface area contributed by atoms with E-state index in [0.29, 0.717) is 28.2 Å².